The van der Waals surface area contributed by atoms with Crippen molar-refractivity contribution in [3.05, 3.63) is 71.0 Å². The van der Waals surface area contributed by atoms with Gasteiger partial charge in [-0.2, -0.15) is 0 Å². The van der Waals surface area contributed by atoms with E-state index in [1.807, 2.05) is 18.2 Å². The van der Waals surface area contributed by atoms with Crippen LogP contribution in [0.5, 0.6) is 5.75 Å². The number of rotatable bonds is 7. The summed E-state index contributed by atoms with van der Waals surface area (Å²) in [5.74, 6) is -0.468. The van der Waals surface area contributed by atoms with Crippen molar-refractivity contribution in [1.29, 1.82) is 0 Å². The Labute approximate surface area is 159 Å². The van der Waals surface area contributed by atoms with Gasteiger partial charge in [0, 0.05) is 19.2 Å². The fourth-order valence-corrected chi connectivity index (χ4v) is 3.27. The second-order valence-corrected chi connectivity index (χ2v) is 6.70. The van der Waals surface area contributed by atoms with E-state index in [0.717, 1.165) is 25.2 Å². The Morgan fingerprint density at radius 3 is 2.63 bits per heavy atom. The van der Waals surface area contributed by atoms with Gasteiger partial charge < -0.3 is 10.1 Å². The van der Waals surface area contributed by atoms with Gasteiger partial charge in [-0.25, -0.2) is 4.39 Å². The molecule has 0 radical (unpaired) electrons. The van der Waals surface area contributed by atoms with Gasteiger partial charge >= 0.3 is 0 Å². The van der Waals surface area contributed by atoms with Crippen molar-refractivity contribution in [3.8, 4) is 5.75 Å². The number of methoxy groups -OCH3 is 1. The predicted molar refractivity (Wildman–Crippen MR) is 105 cm³/mol. The van der Waals surface area contributed by atoms with Crippen LogP contribution >= 0.6 is 0 Å². The number of nitrogens with zero attached hydrogens (tertiary/aromatic N) is 1. The Hall–Kier alpha value is -2.66. The number of likely N-dealkylation sites (tertiary alicyclic amines) is 1. The maximum atomic E-state index is 13.7. The highest BCUT2D eigenvalue weighted by molar-refractivity contribution is 5.91. The topological polar surface area (TPSA) is 41.6 Å². The molecule has 4 nitrogen and oxygen atoms in total. The van der Waals surface area contributed by atoms with Crippen LogP contribution in [0.2, 0.25) is 0 Å². The van der Waals surface area contributed by atoms with E-state index in [-0.39, 0.29) is 11.7 Å². The summed E-state index contributed by atoms with van der Waals surface area (Å²) < 4.78 is 18.6. The van der Waals surface area contributed by atoms with Crippen LogP contribution < -0.4 is 10.1 Å². The summed E-state index contributed by atoms with van der Waals surface area (Å²) in [6.07, 6.45) is 5.53. The van der Waals surface area contributed by atoms with Gasteiger partial charge in [0.25, 0.3) is 0 Å². The molecular weight excluding hydrogens is 343 g/mol. The molecule has 1 aliphatic rings. The molecule has 1 saturated heterocycles. The molecular formula is C22H25FN2O2. The first-order valence-electron chi connectivity index (χ1n) is 9.24. The zero-order chi connectivity index (χ0) is 19.1. The van der Waals surface area contributed by atoms with Crippen molar-refractivity contribution in [3.63, 3.8) is 0 Å². The molecule has 1 aliphatic heterocycles. The maximum Gasteiger partial charge on any atom is 0.244 e. The summed E-state index contributed by atoms with van der Waals surface area (Å²) in [4.78, 5) is 14.6. The molecule has 3 rings (SSSR count). The molecule has 0 bridgehead atoms. The highest BCUT2D eigenvalue weighted by Crippen LogP contribution is 2.18. The van der Waals surface area contributed by atoms with Gasteiger partial charge in [-0.1, -0.05) is 30.3 Å². The van der Waals surface area contributed by atoms with Crippen LogP contribution in [0.25, 0.3) is 6.08 Å². The first-order valence-corrected chi connectivity index (χ1v) is 9.24. The molecule has 2 aromatic carbocycles. The third-order valence-corrected chi connectivity index (χ3v) is 4.77. The Bertz CT molecular complexity index is 814. The monoisotopic (exact) mass is 368 g/mol. The van der Waals surface area contributed by atoms with Crippen molar-refractivity contribution < 1.29 is 13.9 Å². The van der Waals surface area contributed by atoms with Gasteiger partial charge in [0.1, 0.15) is 0 Å². The Morgan fingerprint density at radius 1 is 1.19 bits per heavy atom. The van der Waals surface area contributed by atoms with Gasteiger partial charge in [-0.15, -0.1) is 0 Å². The lowest BCUT2D eigenvalue weighted by atomic mass is 10.1. The summed E-state index contributed by atoms with van der Waals surface area (Å²) in [7, 11) is 1.42. The Balaban J connectivity index is 1.56. The predicted octanol–water partition coefficient (Wildman–Crippen LogP) is 3.76. The van der Waals surface area contributed by atoms with Crippen LogP contribution in [0.15, 0.2) is 48.5 Å². The smallest absolute Gasteiger partial charge is 0.244 e. The minimum absolute atomic E-state index is 0.186. The molecule has 0 atom stereocenters. The van der Waals surface area contributed by atoms with E-state index in [1.165, 1.54) is 37.7 Å². The minimum Gasteiger partial charge on any atom is -0.494 e. The van der Waals surface area contributed by atoms with Gasteiger partial charge in [0.05, 0.1) is 7.11 Å². The number of carbonyl (C=O) groups is 1. The second-order valence-electron chi connectivity index (χ2n) is 6.70. The standard InChI is InChI=1S/C22H25FN2O2/c1-27-21-10-8-17(14-20(21)23)9-11-22(26)24-15-18-6-2-3-7-19(18)16-25-12-4-5-13-25/h2-3,6-11,14H,4-5,12-13,15-16H2,1H3,(H,24,26)/b11-9+. The number of carbonyl (C=O) groups excluding carboxylic acids is 1. The van der Waals surface area contributed by atoms with Crippen LogP contribution in [0, 0.1) is 5.82 Å². The van der Waals surface area contributed by atoms with E-state index in [2.05, 4.69) is 16.3 Å². The van der Waals surface area contributed by atoms with Crippen LogP contribution in [-0.2, 0) is 17.9 Å². The van der Waals surface area contributed by atoms with Crippen LogP contribution in [0.1, 0.15) is 29.5 Å². The fraction of sp³-hybridized carbons (Fsp3) is 0.318. The first kappa shape index (κ1) is 19.1. The SMILES string of the molecule is COc1ccc(/C=C/C(=O)NCc2ccccc2CN2CCCC2)cc1F. The van der Waals surface area contributed by atoms with Gasteiger partial charge in [0.15, 0.2) is 11.6 Å². The van der Waals surface area contributed by atoms with Crippen molar-refractivity contribution in [2.45, 2.75) is 25.9 Å². The van der Waals surface area contributed by atoms with Crippen molar-refractivity contribution >= 4 is 12.0 Å². The normalized spacial score (nSPS) is 14.6. The average molecular weight is 368 g/mol. The number of hydrogen-bond donors (Lipinski definition) is 1. The summed E-state index contributed by atoms with van der Waals surface area (Å²) in [5.41, 5.74) is 2.99. The summed E-state index contributed by atoms with van der Waals surface area (Å²) >= 11 is 0. The van der Waals surface area contributed by atoms with Gasteiger partial charge in [-0.3, -0.25) is 9.69 Å². The number of amides is 1. The summed E-state index contributed by atoms with van der Waals surface area (Å²) in [5, 5.41) is 2.91. The lowest BCUT2D eigenvalue weighted by Crippen LogP contribution is -2.23. The molecule has 5 heteroatoms. The third-order valence-electron chi connectivity index (χ3n) is 4.77. The zero-order valence-corrected chi connectivity index (χ0v) is 15.6. The third kappa shape index (κ3) is 5.41. The number of benzene rings is 2. The molecule has 1 N–H and O–H groups in total. The van der Waals surface area contributed by atoms with E-state index in [1.54, 1.807) is 18.2 Å². The Kier molecular flexibility index (Phi) is 6.60. The molecule has 0 unspecified atom stereocenters. The quantitative estimate of drug-likeness (QED) is 0.757. The molecule has 27 heavy (non-hydrogen) atoms. The van der Waals surface area contributed by atoms with Crippen molar-refractivity contribution in [1.82, 2.24) is 10.2 Å². The van der Waals surface area contributed by atoms with Crippen LogP contribution in [-0.4, -0.2) is 31.0 Å². The lowest BCUT2D eigenvalue weighted by molar-refractivity contribution is -0.116. The van der Waals surface area contributed by atoms with Gasteiger partial charge in [0.2, 0.25) is 5.91 Å². The van der Waals surface area contributed by atoms with E-state index in [4.69, 9.17) is 4.74 Å². The Morgan fingerprint density at radius 2 is 1.93 bits per heavy atom. The molecule has 0 aromatic heterocycles. The maximum absolute atomic E-state index is 13.7. The van der Waals surface area contributed by atoms with E-state index in [9.17, 15) is 9.18 Å². The molecule has 1 heterocycles. The second kappa shape index (κ2) is 9.33. The van der Waals surface area contributed by atoms with Crippen molar-refractivity contribution in [2.24, 2.45) is 0 Å². The minimum atomic E-state index is -0.448. The highest BCUT2D eigenvalue weighted by Gasteiger charge is 2.13. The lowest BCUT2D eigenvalue weighted by Gasteiger charge is -2.17. The molecule has 2 aromatic rings. The molecule has 0 aliphatic carbocycles. The first-order chi connectivity index (χ1) is 13.2. The van der Waals surface area contributed by atoms with Crippen LogP contribution in [0.4, 0.5) is 4.39 Å². The largest absolute Gasteiger partial charge is 0.494 e. The van der Waals surface area contributed by atoms with Gasteiger partial charge in [-0.05, 0) is 60.8 Å². The molecule has 1 fully saturated rings. The molecule has 1 amide bonds. The molecule has 0 spiro atoms. The average Bonchev–Trinajstić information content (AvgIpc) is 3.19. The number of ether oxygens (including phenoxy) is 1. The number of hydrogen-bond acceptors (Lipinski definition) is 3. The number of halogens is 1. The van der Waals surface area contributed by atoms with Crippen LogP contribution in [0.3, 0.4) is 0 Å². The zero-order valence-electron chi connectivity index (χ0n) is 15.6. The fourth-order valence-electron chi connectivity index (χ4n) is 3.27. The summed E-state index contributed by atoms with van der Waals surface area (Å²) in [6, 6.07) is 12.8. The molecule has 142 valence electrons. The number of nitrogens with one attached hydrogen (secondary N) is 1. The highest BCUT2D eigenvalue weighted by atomic mass is 19.1. The van der Waals surface area contributed by atoms with E-state index >= 15 is 0 Å². The molecule has 0 saturated carbocycles. The van der Waals surface area contributed by atoms with Crippen molar-refractivity contribution in [2.75, 3.05) is 20.2 Å². The summed E-state index contributed by atoms with van der Waals surface area (Å²) in [6.45, 7) is 3.68. The van der Waals surface area contributed by atoms with E-state index in [0.29, 0.717) is 12.1 Å². The van der Waals surface area contributed by atoms with E-state index < -0.39 is 5.82 Å².